The van der Waals surface area contributed by atoms with Gasteiger partial charge in [-0.1, -0.05) is 61.2 Å². The van der Waals surface area contributed by atoms with Crippen molar-refractivity contribution in [1.29, 1.82) is 0 Å². The normalized spacial score (nSPS) is 18.7. The summed E-state index contributed by atoms with van der Waals surface area (Å²) in [5.74, 6) is 0. The monoisotopic (exact) mass is 323 g/mol. The molecule has 0 unspecified atom stereocenters. The van der Waals surface area contributed by atoms with Crippen LogP contribution in [0.2, 0.25) is 0 Å². The van der Waals surface area contributed by atoms with E-state index < -0.39 is 0 Å². The van der Waals surface area contributed by atoms with Gasteiger partial charge < -0.3 is 5.32 Å². The summed E-state index contributed by atoms with van der Waals surface area (Å²) < 4.78 is 1.20. The van der Waals surface area contributed by atoms with Crippen molar-refractivity contribution in [3.05, 3.63) is 34.3 Å². The highest BCUT2D eigenvalue weighted by atomic mass is 79.9. The number of hydrogen-bond acceptors (Lipinski definition) is 1. The lowest BCUT2D eigenvalue weighted by Crippen LogP contribution is -2.40. The Bertz CT molecular complexity index is 394. The highest BCUT2D eigenvalue weighted by Gasteiger charge is 2.32. The second-order valence-electron chi connectivity index (χ2n) is 6.40. The molecule has 1 saturated carbocycles. The Kier molecular flexibility index (Phi) is 5.47. The Morgan fingerprint density at radius 3 is 2.58 bits per heavy atom. The maximum Gasteiger partial charge on any atom is 0.0177 e. The maximum atomic E-state index is 3.68. The topological polar surface area (TPSA) is 12.0 Å². The van der Waals surface area contributed by atoms with Gasteiger partial charge in [0.1, 0.15) is 0 Å². The predicted molar refractivity (Wildman–Crippen MR) is 86.5 cm³/mol. The van der Waals surface area contributed by atoms with Crippen molar-refractivity contribution in [2.24, 2.45) is 5.41 Å². The molecule has 0 amide bonds. The molecule has 1 fully saturated rings. The van der Waals surface area contributed by atoms with Crippen molar-refractivity contribution >= 4 is 15.9 Å². The van der Waals surface area contributed by atoms with Gasteiger partial charge in [0, 0.05) is 17.1 Å². The van der Waals surface area contributed by atoms with Crippen LogP contribution in [0.25, 0.3) is 0 Å². The fraction of sp³-hybridized carbons (Fsp3) is 0.647. The first kappa shape index (κ1) is 15.1. The van der Waals surface area contributed by atoms with Gasteiger partial charge in [-0.05, 0) is 42.4 Å². The zero-order chi connectivity index (χ0) is 13.7. The predicted octanol–water partition coefficient (Wildman–Crippen LogP) is 4.94. The molecule has 0 radical (unpaired) electrons. The van der Waals surface area contributed by atoms with Gasteiger partial charge in [-0.15, -0.1) is 0 Å². The summed E-state index contributed by atoms with van der Waals surface area (Å²) >= 11 is 3.59. The van der Waals surface area contributed by atoms with Crippen LogP contribution in [0.15, 0.2) is 28.7 Å². The van der Waals surface area contributed by atoms with Gasteiger partial charge in [0.25, 0.3) is 0 Å². The van der Waals surface area contributed by atoms with E-state index in [4.69, 9.17) is 0 Å². The fourth-order valence-electron chi connectivity index (χ4n) is 3.22. The van der Waals surface area contributed by atoms with Crippen molar-refractivity contribution in [3.63, 3.8) is 0 Å². The summed E-state index contributed by atoms with van der Waals surface area (Å²) in [4.78, 5) is 0. The Hall–Kier alpha value is -0.340. The second kappa shape index (κ2) is 6.90. The Morgan fingerprint density at radius 2 is 1.95 bits per heavy atom. The summed E-state index contributed by atoms with van der Waals surface area (Å²) in [7, 11) is 0. The van der Waals surface area contributed by atoms with Crippen LogP contribution in [-0.2, 0) is 6.42 Å². The van der Waals surface area contributed by atoms with Gasteiger partial charge in [0.15, 0.2) is 0 Å². The molecular formula is C17H26BrN. The quantitative estimate of drug-likeness (QED) is 0.809. The molecular weight excluding hydrogens is 298 g/mol. The molecule has 1 aliphatic carbocycles. The average Bonchev–Trinajstić information content (AvgIpc) is 2.38. The van der Waals surface area contributed by atoms with E-state index in [0.717, 1.165) is 6.54 Å². The van der Waals surface area contributed by atoms with Crippen molar-refractivity contribution in [2.75, 3.05) is 6.54 Å². The Morgan fingerprint density at radius 1 is 1.21 bits per heavy atom. The molecule has 106 valence electrons. The maximum absolute atomic E-state index is 3.68. The smallest absolute Gasteiger partial charge is 0.0177 e. The molecule has 0 aliphatic heterocycles. The van der Waals surface area contributed by atoms with Crippen LogP contribution in [0.5, 0.6) is 0 Å². The zero-order valence-electron chi connectivity index (χ0n) is 12.2. The summed E-state index contributed by atoms with van der Waals surface area (Å²) in [6.45, 7) is 5.66. The van der Waals surface area contributed by atoms with Crippen LogP contribution in [-0.4, -0.2) is 12.6 Å². The summed E-state index contributed by atoms with van der Waals surface area (Å²) in [5, 5.41) is 3.68. The molecule has 0 heterocycles. The number of nitrogens with one attached hydrogen (secondary N) is 1. The molecule has 19 heavy (non-hydrogen) atoms. The molecule has 0 aromatic heterocycles. The number of benzene rings is 1. The van der Waals surface area contributed by atoms with E-state index in [1.807, 2.05) is 0 Å². The molecule has 1 nitrogen and oxygen atoms in total. The Labute approximate surface area is 126 Å². The summed E-state index contributed by atoms with van der Waals surface area (Å²) in [6, 6.07) is 9.42. The van der Waals surface area contributed by atoms with Crippen molar-refractivity contribution in [1.82, 2.24) is 5.32 Å². The van der Waals surface area contributed by atoms with Crippen LogP contribution >= 0.6 is 15.9 Å². The van der Waals surface area contributed by atoms with E-state index in [1.54, 1.807) is 0 Å². The first-order chi connectivity index (χ1) is 9.10. The van der Waals surface area contributed by atoms with E-state index >= 15 is 0 Å². The third-order valence-corrected chi connectivity index (χ3v) is 4.76. The van der Waals surface area contributed by atoms with E-state index in [-0.39, 0.29) is 0 Å². The lowest BCUT2D eigenvalue weighted by atomic mass is 9.70. The first-order valence-electron chi connectivity index (χ1n) is 7.58. The molecule has 0 spiro atoms. The number of halogens is 1. The lowest BCUT2D eigenvalue weighted by molar-refractivity contribution is 0.176. The molecule has 2 heteroatoms. The number of hydrogen-bond donors (Lipinski definition) is 1. The van der Waals surface area contributed by atoms with Gasteiger partial charge in [-0.2, -0.15) is 0 Å². The van der Waals surface area contributed by atoms with Crippen molar-refractivity contribution < 1.29 is 0 Å². The van der Waals surface area contributed by atoms with Crippen LogP contribution < -0.4 is 5.32 Å². The highest BCUT2D eigenvalue weighted by Crippen LogP contribution is 2.39. The van der Waals surface area contributed by atoms with Gasteiger partial charge >= 0.3 is 0 Å². The largest absolute Gasteiger partial charge is 0.314 e. The zero-order valence-corrected chi connectivity index (χ0v) is 13.8. The Balaban J connectivity index is 2.08. The molecule has 2 rings (SSSR count). The molecule has 0 saturated heterocycles. The summed E-state index contributed by atoms with van der Waals surface area (Å²) in [5.41, 5.74) is 1.95. The van der Waals surface area contributed by atoms with Crippen molar-refractivity contribution in [3.8, 4) is 0 Å². The number of rotatable bonds is 5. The summed E-state index contributed by atoms with van der Waals surface area (Å²) in [6.07, 6.45) is 8.17. The van der Waals surface area contributed by atoms with Crippen LogP contribution in [0.4, 0.5) is 0 Å². The fourth-order valence-corrected chi connectivity index (χ4v) is 3.67. The van der Waals surface area contributed by atoms with Gasteiger partial charge in [0.2, 0.25) is 0 Å². The highest BCUT2D eigenvalue weighted by molar-refractivity contribution is 9.10. The molecule has 1 N–H and O–H groups in total. The van der Waals surface area contributed by atoms with E-state index in [0.29, 0.717) is 11.5 Å². The van der Waals surface area contributed by atoms with Crippen LogP contribution in [0, 0.1) is 5.41 Å². The third-order valence-electron chi connectivity index (χ3n) is 4.27. The van der Waals surface area contributed by atoms with E-state index in [1.165, 1.54) is 48.6 Å². The van der Waals surface area contributed by atoms with E-state index in [9.17, 15) is 0 Å². The molecule has 1 aromatic carbocycles. The molecule has 0 atom stereocenters. The second-order valence-corrected chi connectivity index (χ2v) is 7.32. The molecule has 0 bridgehead atoms. The minimum atomic E-state index is 0.476. The first-order valence-corrected chi connectivity index (χ1v) is 8.37. The van der Waals surface area contributed by atoms with Gasteiger partial charge in [0.05, 0.1) is 0 Å². The lowest BCUT2D eigenvalue weighted by Gasteiger charge is -2.38. The molecule has 1 aliphatic rings. The van der Waals surface area contributed by atoms with E-state index in [2.05, 4.69) is 59.4 Å². The standard InChI is InChI=1S/C17H26BrN/c1-14(2)19-13-17(9-4-3-5-10-17)12-15-7-6-8-16(18)11-15/h6-8,11,14,19H,3-5,9-10,12-13H2,1-2H3. The van der Waals surface area contributed by atoms with Crippen LogP contribution in [0.3, 0.4) is 0 Å². The minimum absolute atomic E-state index is 0.476. The third kappa shape index (κ3) is 4.61. The van der Waals surface area contributed by atoms with Crippen molar-refractivity contribution in [2.45, 2.75) is 58.4 Å². The van der Waals surface area contributed by atoms with Gasteiger partial charge in [-0.25, -0.2) is 0 Å². The minimum Gasteiger partial charge on any atom is -0.314 e. The molecule has 1 aromatic rings. The average molecular weight is 324 g/mol. The van der Waals surface area contributed by atoms with Crippen LogP contribution in [0.1, 0.15) is 51.5 Å². The SMILES string of the molecule is CC(C)NCC1(Cc2cccc(Br)c2)CCCCC1. The van der Waals surface area contributed by atoms with Gasteiger partial charge in [-0.3, -0.25) is 0 Å².